The van der Waals surface area contributed by atoms with Crippen molar-refractivity contribution in [3.63, 3.8) is 0 Å². The molecule has 134 valence electrons. The molecule has 0 radical (unpaired) electrons. The lowest BCUT2D eigenvalue weighted by Crippen LogP contribution is -2.34. The van der Waals surface area contributed by atoms with Gasteiger partial charge >= 0.3 is 5.97 Å². The van der Waals surface area contributed by atoms with Crippen LogP contribution in [-0.2, 0) is 10.2 Å². The van der Waals surface area contributed by atoms with E-state index >= 15 is 0 Å². The van der Waals surface area contributed by atoms with Crippen LogP contribution in [-0.4, -0.2) is 17.7 Å². The first-order chi connectivity index (χ1) is 11.6. The number of carboxylic acid groups (broad SMARTS) is 1. The molecule has 1 aliphatic carbocycles. The minimum Gasteiger partial charge on any atom is -0.493 e. The predicted molar refractivity (Wildman–Crippen MR) is 97.6 cm³/mol. The first-order valence-electron chi connectivity index (χ1n) is 9.58. The third-order valence-electron chi connectivity index (χ3n) is 5.47. The summed E-state index contributed by atoms with van der Waals surface area (Å²) in [5.41, 5.74) is 1.39. The van der Waals surface area contributed by atoms with E-state index in [0.29, 0.717) is 0 Å². The number of carboxylic acids is 1. The van der Waals surface area contributed by atoms with Crippen molar-refractivity contribution >= 4 is 5.97 Å². The van der Waals surface area contributed by atoms with E-state index in [1.54, 1.807) is 0 Å². The summed E-state index contributed by atoms with van der Waals surface area (Å²) in [5, 5.41) is 9.34. The lowest BCUT2D eigenvalue weighted by Gasteiger charge is -2.41. The van der Waals surface area contributed by atoms with Crippen LogP contribution in [0.15, 0.2) is 24.3 Å². The van der Waals surface area contributed by atoms with Crippen molar-refractivity contribution < 1.29 is 14.6 Å². The molecule has 0 aliphatic heterocycles. The Hall–Kier alpha value is -1.51. The minimum absolute atomic E-state index is 0.0887. The van der Waals surface area contributed by atoms with Crippen LogP contribution in [0.3, 0.4) is 0 Å². The van der Waals surface area contributed by atoms with Gasteiger partial charge in [-0.2, -0.15) is 0 Å². The standard InChI is InChI=1S/C21H32O3/c1-3-5-8-13-21(14-11-17(12-15-21)20(22)23)18-9-6-7-10-19(18)24-16-4-2/h6-7,9-10,17H,3-5,8,11-16H2,1-2H3,(H,22,23). The van der Waals surface area contributed by atoms with Crippen LogP contribution in [0.2, 0.25) is 0 Å². The molecule has 0 bridgehead atoms. The van der Waals surface area contributed by atoms with Gasteiger partial charge < -0.3 is 9.84 Å². The molecule has 0 atom stereocenters. The summed E-state index contributed by atoms with van der Waals surface area (Å²) in [6, 6.07) is 8.42. The number of carbonyl (C=O) groups is 1. The Kier molecular flexibility index (Phi) is 7.14. The van der Waals surface area contributed by atoms with Crippen molar-refractivity contribution in [1.82, 2.24) is 0 Å². The molecule has 0 amide bonds. The lowest BCUT2D eigenvalue weighted by molar-refractivity contribution is -0.143. The molecule has 0 heterocycles. The summed E-state index contributed by atoms with van der Waals surface area (Å²) in [4.78, 5) is 11.3. The molecule has 3 nitrogen and oxygen atoms in total. The van der Waals surface area contributed by atoms with E-state index in [1.165, 1.54) is 24.8 Å². The molecular weight excluding hydrogens is 300 g/mol. The van der Waals surface area contributed by atoms with Crippen molar-refractivity contribution in [2.45, 2.75) is 77.0 Å². The highest BCUT2D eigenvalue weighted by Gasteiger charge is 2.39. The normalized spacial score (nSPS) is 23.8. The molecule has 1 fully saturated rings. The van der Waals surface area contributed by atoms with Gasteiger partial charge in [-0.25, -0.2) is 0 Å². The van der Waals surface area contributed by atoms with Crippen molar-refractivity contribution in [2.24, 2.45) is 5.92 Å². The zero-order valence-corrected chi connectivity index (χ0v) is 15.2. The summed E-state index contributed by atoms with van der Waals surface area (Å²) in [5.74, 6) is 0.199. The fraction of sp³-hybridized carbons (Fsp3) is 0.667. The number of hydrogen-bond donors (Lipinski definition) is 1. The maximum absolute atomic E-state index is 11.3. The monoisotopic (exact) mass is 332 g/mol. The van der Waals surface area contributed by atoms with Crippen molar-refractivity contribution in [3.8, 4) is 5.75 Å². The van der Waals surface area contributed by atoms with E-state index in [4.69, 9.17) is 4.74 Å². The minimum atomic E-state index is -0.632. The van der Waals surface area contributed by atoms with Crippen LogP contribution in [0.25, 0.3) is 0 Å². The van der Waals surface area contributed by atoms with Crippen molar-refractivity contribution in [3.05, 3.63) is 29.8 Å². The number of unbranched alkanes of at least 4 members (excludes halogenated alkanes) is 2. The maximum atomic E-state index is 11.3. The van der Waals surface area contributed by atoms with Gasteiger partial charge in [0.1, 0.15) is 5.75 Å². The Bertz CT molecular complexity index is 516. The highest BCUT2D eigenvalue weighted by molar-refractivity contribution is 5.70. The van der Waals surface area contributed by atoms with Crippen molar-refractivity contribution in [1.29, 1.82) is 0 Å². The van der Waals surface area contributed by atoms with E-state index in [0.717, 1.165) is 50.9 Å². The van der Waals surface area contributed by atoms with Gasteiger partial charge in [-0.1, -0.05) is 51.3 Å². The topological polar surface area (TPSA) is 46.5 Å². The number of rotatable bonds is 9. The van der Waals surface area contributed by atoms with E-state index < -0.39 is 5.97 Å². The largest absolute Gasteiger partial charge is 0.493 e. The van der Waals surface area contributed by atoms with Crippen LogP contribution in [0.5, 0.6) is 5.75 Å². The third kappa shape index (κ3) is 4.52. The molecule has 24 heavy (non-hydrogen) atoms. The quantitative estimate of drug-likeness (QED) is 0.601. The van der Waals surface area contributed by atoms with Gasteiger partial charge in [-0.05, 0) is 50.0 Å². The molecule has 0 aromatic heterocycles. The Morgan fingerprint density at radius 1 is 1.17 bits per heavy atom. The predicted octanol–water partition coefficient (Wildman–Crippen LogP) is 5.57. The molecule has 1 aliphatic rings. The van der Waals surface area contributed by atoms with E-state index in [-0.39, 0.29) is 11.3 Å². The molecule has 1 aromatic carbocycles. The molecule has 0 unspecified atom stereocenters. The Morgan fingerprint density at radius 3 is 2.50 bits per heavy atom. The smallest absolute Gasteiger partial charge is 0.306 e. The second kappa shape index (κ2) is 9.10. The third-order valence-corrected chi connectivity index (χ3v) is 5.47. The van der Waals surface area contributed by atoms with E-state index in [9.17, 15) is 9.90 Å². The number of benzene rings is 1. The molecule has 1 saturated carbocycles. The van der Waals surface area contributed by atoms with Gasteiger partial charge in [-0.15, -0.1) is 0 Å². The van der Waals surface area contributed by atoms with Gasteiger partial charge in [0, 0.05) is 5.56 Å². The average molecular weight is 332 g/mol. The fourth-order valence-corrected chi connectivity index (χ4v) is 4.03. The van der Waals surface area contributed by atoms with Gasteiger partial charge in [0.25, 0.3) is 0 Å². The Labute approximate surface area is 146 Å². The summed E-state index contributed by atoms with van der Waals surface area (Å²) >= 11 is 0. The number of aliphatic carboxylic acids is 1. The molecule has 3 heteroatoms. The SMILES string of the molecule is CCCCCC1(c2ccccc2OCCC)CCC(C(=O)O)CC1. The second-order valence-corrected chi connectivity index (χ2v) is 7.19. The fourth-order valence-electron chi connectivity index (χ4n) is 4.03. The van der Waals surface area contributed by atoms with Crippen LogP contribution >= 0.6 is 0 Å². The Morgan fingerprint density at radius 2 is 1.88 bits per heavy atom. The summed E-state index contributed by atoms with van der Waals surface area (Å²) in [6.45, 7) is 5.09. The van der Waals surface area contributed by atoms with E-state index in [2.05, 4.69) is 32.0 Å². The highest BCUT2D eigenvalue weighted by Crippen LogP contribution is 2.48. The lowest BCUT2D eigenvalue weighted by atomic mass is 9.64. The van der Waals surface area contributed by atoms with E-state index in [1.807, 2.05) is 6.07 Å². The van der Waals surface area contributed by atoms with Crippen LogP contribution in [0.4, 0.5) is 0 Å². The highest BCUT2D eigenvalue weighted by atomic mass is 16.5. The van der Waals surface area contributed by atoms with Gasteiger partial charge in [0.05, 0.1) is 12.5 Å². The molecular formula is C21H32O3. The maximum Gasteiger partial charge on any atom is 0.306 e. The van der Waals surface area contributed by atoms with Gasteiger partial charge in [0.2, 0.25) is 0 Å². The first kappa shape index (κ1) is 18.8. The van der Waals surface area contributed by atoms with Gasteiger partial charge in [0.15, 0.2) is 0 Å². The van der Waals surface area contributed by atoms with Crippen LogP contribution in [0.1, 0.15) is 77.2 Å². The molecule has 1 N–H and O–H groups in total. The van der Waals surface area contributed by atoms with Gasteiger partial charge in [-0.3, -0.25) is 4.79 Å². The summed E-state index contributed by atoms with van der Waals surface area (Å²) < 4.78 is 6.03. The molecule has 0 saturated heterocycles. The molecule has 2 rings (SSSR count). The number of hydrogen-bond acceptors (Lipinski definition) is 2. The second-order valence-electron chi connectivity index (χ2n) is 7.19. The van der Waals surface area contributed by atoms with Crippen molar-refractivity contribution in [2.75, 3.05) is 6.61 Å². The molecule has 1 aromatic rings. The Balaban J connectivity index is 2.25. The average Bonchev–Trinajstić information content (AvgIpc) is 2.61. The van der Waals surface area contributed by atoms with Crippen LogP contribution in [0, 0.1) is 5.92 Å². The summed E-state index contributed by atoms with van der Waals surface area (Å²) in [6.07, 6.45) is 9.27. The number of ether oxygens (including phenoxy) is 1. The van der Waals surface area contributed by atoms with Crippen LogP contribution < -0.4 is 4.74 Å². The molecule has 0 spiro atoms. The first-order valence-corrected chi connectivity index (χ1v) is 9.58. The number of para-hydroxylation sites is 1. The summed E-state index contributed by atoms with van der Waals surface area (Å²) in [7, 11) is 0. The zero-order valence-electron chi connectivity index (χ0n) is 15.2. The zero-order chi connectivity index (χ0) is 17.4.